The Morgan fingerprint density at radius 1 is 0.720 bits per heavy atom. The summed E-state index contributed by atoms with van der Waals surface area (Å²) in [5.41, 5.74) is 2.32. The standard InChI is InChI=1S/C20H19N2OP.BrH/c21-22-20(23)16-24(17-10-4-1-5-11-17,18-12-6-2-7-13-18)19-14-8-3-9-15-19;/h1-15H,16,21H2;1H. The lowest BCUT2D eigenvalue weighted by atomic mass is 10.4. The van der Waals surface area contributed by atoms with Crippen molar-refractivity contribution in [3.63, 3.8) is 0 Å². The molecule has 0 saturated carbocycles. The zero-order valence-corrected chi connectivity index (χ0v) is 16.2. The Balaban J connectivity index is 0.00000225. The molecule has 128 valence electrons. The topological polar surface area (TPSA) is 55.1 Å². The van der Waals surface area contributed by atoms with Gasteiger partial charge < -0.3 is 17.0 Å². The number of halogens is 1. The van der Waals surface area contributed by atoms with E-state index in [0.29, 0.717) is 6.16 Å². The van der Waals surface area contributed by atoms with Gasteiger partial charge in [0.05, 0.1) is 0 Å². The Morgan fingerprint density at radius 3 is 1.32 bits per heavy atom. The van der Waals surface area contributed by atoms with E-state index in [0.717, 1.165) is 0 Å². The molecular formula is C20H20BrN2OP. The average molecular weight is 415 g/mol. The number of carbonyl (C=O) groups excluding carboxylic acids is 1. The fraction of sp³-hybridized carbons (Fsp3) is 0.0500. The van der Waals surface area contributed by atoms with Crippen LogP contribution in [-0.4, -0.2) is 12.1 Å². The fourth-order valence-corrected chi connectivity index (χ4v) is 7.04. The van der Waals surface area contributed by atoms with Crippen molar-refractivity contribution in [3.05, 3.63) is 91.0 Å². The van der Waals surface area contributed by atoms with E-state index in [-0.39, 0.29) is 22.9 Å². The van der Waals surface area contributed by atoms with Crippen LogP contribution in [0.15, 0.2) is 91.0 Å². The van der Waals surface area contributed by atoms with Crippen LogP contribution >= 0.6 is 7.26 Å². The van der Waals surface area contributed by atoms with E-state index < -0.39 is 7.26 Å². The number of carbonyl (C=O) groups is 1. The van der Waals surface area contributed by atoms with E-state index in [9.17, 15) is 4.79 Å². The van der Waals surface area contributed by atoms with Gasteiger partial charge in [-0.25, -0.2) is 5.84 Å². The van der Waals surface area contributed by atoms with E-state index in [4.69, 9.17) is 5.84 Å². The van der Waals surface area contributed by atoms with E-state index in [1.54, 1.807) is 0 Å². The number of hydrazine groups is 1. The Kier molecular flexibility index (Phi) is 6.89. The van der Waals surface area contributed by atoms with E-state index in [1.807, 2.05) is 54.6 Å². The van der Waals surface area contributed by atoms with Crippen molar-refractivity contribution >= 4 is 29.1 Å². The molecule has 0 spiro atoms. The predicted octanol–water partition coefficient (Wildman–Crippen LogP) is -1.03. The quantitative estimate of drug-likeness (QED) is 0.243. The maximum atomic E-state index is 12.3. The summed E-state index contributed by atoms with van der Waals surface area (Å²) in [4.78, 5) is 12.3. The second-order valence-electron chi connectivity index (χ2n) is 5.54. The molecule has 1 amide bonds. The van der Waals surface area contributed by atoms with Crippen molar-refractivity contribution < 1.29 is 21.8 Å². The summed E-state index contributed by atoms with van der Waals surface area (Å²) in [5, 5.41) is 3.52. The normalized spacial score (nSPS) is 10.6. The van der Waals surface area contributed by atoms with Gasteiger partial charge in [0.1, 0.15) is 23.2 Å². The summed E-state index contributed by atoms with van der Waals surface area (Å²) in [6.45, 7) is 0. The van der Waals surface area contributed by atoms with Crippen molar-refractivity contribution in [1.29, 1.82) is 0 Å². The highest BCUT2D eigenvalue weighted by Gasteiger charge is 2.47. The van der Waals surface area contributed by atoms with Crippen LogP contribution in [0.1, 0.15) is 0 Å². The summed E-state index contributed by atoms with van der Waals surface area (Å²) in [6, 6.07) is 30.8. The molecule has 0 atom stereocenters. The summed E-state index contributed by atoms with van der Waals surface area (Å²) in [6.07, 6.45) is 0.349. The summed E-state index contributed by atoms with van der Waals surface area (Å²) < 4.78 is 0. The monoisotopic (exact) mass is 414 g/mol. The molecule has 0 aliphatic rings. The number of nitrogens with two attached hydrogens (primary N) is 1. The van der Waals surface area contributed by atoms with Crippen LogP contribution in [0.2, 0.25) is 0 Å². The highest BCUT2D eigenvalue weighted by molar-refractivity contribution is 7.96. The lowest BCUT2D eigenvalue weighted by Crippen LogP contribution is -3.00. The zero-order chi connectivity index (χ0) is 16.8. The number of hydrogen-bond acceptors (Lipinski definition) is 2. The minimum Gasteiger partial charge on any atom is -1.00 e. The fourth-order valence-electron chi connectivity index (χ4n) is 3.03. The van der Waals surface area contributed by atoms with Gasteiger partial charge in [0, 0.05) is 0 Å². The molecule has 25 heavy (non-hydrogen) atoms. The highest BCUT2D eigenvalue weighted by atomic mass is 79.9. The van der Waals surface area contributed by atoms with Gasteiger partial charge >= 0.3 is 0 Å². The third kappa shape index (κ3) is 3.98. The minimum atomic E-state index is -2.12. The van der Waals surface area contributed by atoms with Gasteiger partial charge in [-0.05, 0) is 36.4 Å². The molecular weight excluding hydrogens is 395 g/mol. The van der Waals surface area contributed by atoms with Crippen molar-refractivity contribution in [1.82, 2.24) is 5.43 Å². The average Bonchev–Trinajstić information content (AvgIpc) is 2.68. The van der Waals surface area contributed by atoms with Crippen LogP contribution in [0.3, 0.4) is 0 Å². The Labute approximate surface area is 159 Å². The number of nitrogens with one attached hydrogen (secondary N) is 1. The van der Waals surface area contributed by atoms with Gasteiger partial charge in [-0.3, -0.25) is 10.2 Å². The van der Waals surface area contributed by atoms with Crippen molar-refractivity contribution in [3.8, 4) is 0 Å². The van der Waals surface area contributed by atoms with E-state index in [2.05, 4.69) is 41.8 Å². The van der Waals surface area contributed by atoms with Crippen molar-refractivity contribution in [2.24, 2.45) is 5.84 Å². The largest absolute Gasteiger partial charge is 1.00 e. The molecule has 0 radical (unpaired) electrons. The number of rotatable bonds is 5. The summed E-state index contributed by atoms with van der Waals surface area (Å²) in [7, 11) is -2.12. The first-order valence-electron chi connectivity index (χ1n) is 7.82. The van der Waals surface area contributed by atoms with Gasteiger partial charge in [0.15, 0.2) is 6.16 Å². The molecule has 3 aromatic rings. The molecule has 3 rings (SSSR count). The van der Waals surface area contributed by atoms with Gasteiger partial charge in [-0.15, -0.1) is 0 Å². The second-order valence-corrected chi connectivity index (χ2v) is 9.03. The lowest BCUT2D eigenvalue weighted by molar-refractivity contribution is -0.118. The van der Waals surface area contributed by atoms with Gasteiger partial charge in [0.25, 0.3) is 5.91 Å². The third-order valence-corrected chi connectivity index (χ3v) is 8.43. The Bertz CT molecular complexity index is 701. The third-order valence-electron chi connectivity index (χ3n) is 4.13. The SMILES string of the molecule is NNC(=O)C[P+](c1ccccc1)(c1ccccc1)c1ccccc1.[Br-]. The maximum Gasteiger partial charge on any atom is 0.272 e. The van der Waals surface area contributed by atoms with E-state index >= 15 is 0 Å². The second kappa shape index (κ2) is 8.91. The molecule has 5 heteroatoms. The molecule has 0 heterocycles. The molecule has 0 saturated heterocycles. The Morgan fingerprint density at radius 2 is 1.04 bits per heavy atom. The van der Waals surface area contributed by atoms with Crippen molar-refractivity contribution in [2.45, 2.75) is 0 Å². The number of hydrogen-bond donors (Lipinski definition) is 2. The Hall–Kier alpha value is -2.00. The van der Waals surface area contributed by atoms with Gasteiger partial charge in [-0.2, -0.15) is 0 Å². The summed E-state index contributed by atoms with van der Waals surface area (Å²) in [5.74, 6) is 5.28. The number of amides is 1. The predicted molar refractivity (Wildman–Crippen MR) is 102 cm³/mol. The molecule has 0 aliphatic heterocycles. The smallest absolute Gasteiger partial charge is 0.272 e. The van der Waals surface area contributed by atoms with Crippen LogP contribution in [0.25, 0.3) is 0 Å². The summed E-state index contributed by atoms with van der Waals surface area (Å²) >= 11 is 0. The van der Waals surface area contributed by atoms with Crippen LogP contribution < -0.4 is 44.2 Å². The molecule has 3 nitrogen and oxygen atoms in total. The highest BCUT2D eigenvalue weighted by Crippen LogP contribution is 2.54. The zero-order valence-electron chi connectivity index (χ0n) is 13.7. The van der Waals surface area contributed by atoms with E-state index in [1.165, 1.54) is 15.9 Å². The van der Waals surface area contributed by atoms with Crippen LogP contribution in [0.4, 0.5) is 0 Å². The first kappa shape index (κ1) is 19.3. The molecule has 0 bridgehead atoms. The first-order chi connectivity index (χ1) is 11.8. The molecule has 0 aromatic heterocycles. The van der Waals surface area contributed by atoms with Gasteiger partial charge in [-0.1, -0.05) is 54.6 Å². The molecule has 3 N–H and O–H groups in total. The van der Waals surface area contributed by atoms with Crippen LogP contribution in [0.5, 0.6) is 0 Å². The molecule has 3 aromatic carbocycles. The molecule has 0 fully saturated rings. The number of benzene rings is 3. The lowest BCUT2D eigenvalue weighted by Gasteiger charge is -2.26. The molecule has 0 unspecified atom stereocenters. The first-order valence-corrected chi connectivity index (χ1v) is 9.79. The van der Waals surface area contributed by atoms with Crippen molar-refractivity contribution in [2.75, 3.05) is 6.16 Å². The van der Waals surface area contributed by atoms with Crippen LogP contribution in [-0.2, 0) is 4.79 Å². The maximum absolute atomic E-state index is 12.3. The van der Waals surface area contributed by atoms with Crippen LogP contribution in [0, 0.1) is 0 Å². The molecule has 0 aliphatic carbocycles. The minimum absolute atomic E-state index is 0. The van der Waals surface area contributed by atoms with Gasteiger partial charge in [0.2, 0.25) is 0 Å².